The van der Waals surface area contributed by atoms with Gasteiger partial charge in [-0.1, -0.05) is 18.2 Å². The normalized spacial score (nSPS) is 9.93. The number of aromatic nitrogens is 4. The first-order valence-electron chi connectivity index (χ1n) is 4.29. The molecule has 2 rings (SSSR count). The van der Waals surface area contributed by atoms with Gasteiger partial charge in [-0.15, -0.1) is 15.0 Å². The Morgan fingerprint density at radius 1 is 1.33 bits per heavy atom. The summed E-state index contributed by atoms with van der Waals surface area (Å²) in [5.74, 6) is 0.0681. The summed E-state index contributed by atoms with van der Waals surface area (Å²) in [6.45, 7) is 0. The Kier molecular flexibility index (Phi) is 2.40. The lowest BCUT2D eigenvalue weighted by Gasteiger charge is -1.96. The minimum atomic E-state index is -0.0998. The van der Waals surface area contributed by atoms with Gasteiger partial charge in [0.1, 0.15) is 0 Å². The van der Waals surface area contributed by atoms with E-state index in [-0.39, 0.29) is 11.7 Å². The highest BCUT2D eigenvalue weighted by atomic mass is 16.5. The van der Waals surface area contributed by atoms with Crippen molar-refractivity contribution in [2.45, 2.75) is 0 Å². The molecule has 1 heterocycles. The van der Waals surface area contributed by atoms with E-state index >= 15 is 0 Å². The molecule has 6 heteroatoms. The zero-order valence-corrected chi connectivity index (χ0v) is 8.08. The van der Waals surface area contributed by atoms with Crippen molar-refractivity contribution in [2.75, 3.05) is 7.11 Å². The van der Waals surface area contributed by atoms with E-state index in [1.165, 1.54) is 11.9 Å². The summed E-state index contributed by atoms with van der Waals surface area (Å²) in [6, 6.07) is 9.35. The summed E-state index contributed by atoms with van der Waals surface area (Å²) in [5, 5.41) is 18.9. The van der Waals surface area contributed by atoms with Crippen molar-refractivity contribution in [3.05, 3.63) is 36.2 Å². The molecule has 0 amide bonds. The highest BCUT2D eigenvalue weighted by Crippen LogP contribution is 2.02. The molecule has 0 saturated heterocycles. The van der Waals surface area contributed by atoms with Gasteiger partial charge in [-0.25, -0.2) is 0 Å². The van der Waals surface area contributed by atoms with Gasteiger partial charge in [-0.05, 0) is 17.3 Å². The fourth-order valence-electron chi connectivity index (χ4n) is 1.07. The average Bonchev–Trinajstić information content (AvgIpc) is 2.78. The van der Waals surface area contributed by atoms with Gasteiger partial charge in [-0.2, -0.15) is 0 Å². The molecule has 0 bridgehead atoms. The minimum absolute atomic E-state index is 0.0998. The van der Waals surface area contributed by atoms with Gasteiger partial charge in [0.2, 0.25) is 0 Å². The van der Waals surface area contributed by atoms with Crippen LogP contribution in [0.15, 0.2) is 30.3 Å². The van der Waals surface area contributed by atoms with Crippen LogP contribution in [0.25, 0.3) is 5.69 Å². The van der Waals surface area contributed by atoms with Gasteiger partial charge in [-0.3, -0.25) is 5.41 Å². The van der Waals surface area contributed by atoms with Gasteiger partial charge in [0.25, 0.3) is 11.7 Å². The first-order chi connectivity index (χ1) is 7.31. The molecule has 0 unspecified atom stereocenters. The summed E-state index contributed by atoms with van der Waals surface area (Å²) < 4.78 is 4.69. The maximum Gasteiger partial charge on any atom is 0.259 e. The molecule has 6 nitrogen and oxygen atoms in total. The molecule has 15 heavy (non-hydrogen) atoms. The van der Waals surface area contributed by atoms with Gasteiger partial charge in [0, 0.05) is 0 Å². The molecule has 0 spiro atoms. The Bertz CT molecular complexity index is 464. The third kappa shape index (κ3) is 1.83. The lowest BCUT2D eigenvalue weighted by Crippen LogP contribution is -2.05. The van der Waals surface area contributed by atoms with Crippen molar-refractivity contribution in [1.29, 1.82) is 5.41 Å². The molecule has 0 aliphatic rings. The van der Waals surface area contributed by atoms with E-state index in [0.717, 1.165) is 5.69 Å². The Labute approximate surface area is 86.0 Å². The van der Waals surface area contributed by atoms with E-state index < -0.39 is 0 Å². The first-order valence-corrected chi connectivity index (χ1v) is 4.29. The van der Waals surface area contributed by atoms with Crippen LogP contribution in [0, 0.1) is 5.41 Å². The van der Waals surface area contributed by atoms with Crippen LogP contribution in [0.4, 0.5) is 0 Å². The van der Waals surface area contributed by atoms with Crippen molar-refractivity contribution < 1.29 is 4.74 Å². The van der Waals surface area contributed by atoms with Crippen LogP contribution in [0.5, 0.6) is 0 Å². The zero-order chi connectivity index (χ0) is 10.7. The number of methoxy groups -OCH3 is 1. The molecule has 76 valence electrons. The number of para-hydroxylation sites is 1. The van der Waals surface area contributed by atoms with Gasteiger partial charge in [0.05, 0.1) is 12.8 Å². The molecule has 1 N–H and O–H groups in total. The predicted octanol–water partition coefficient (Wildman–Crippen LogP) is 0.634. The number of hydrogen-bond acceptors (Lipinski definition) is 5. The van der Waals surface area contributed by atoms with Crippen LogP contribution >= 0.6 is 0 Å². The van der Waals surface area contributed by atoms with Gasteiger partial charge >= 0.3 is 0 Å². The third-order valence-electron chi connectivity index (χ3n) is 1.81. The van der Waals surface area contributed by atoms with Crippen LogP contribution in [0.2, 0.25) is 0 Å². The highest BCUT2D eigenvalue weighted by molar-refractivity contribution is 5.86. The van der Waals surface area contributed by atoms with Crippen molar-refractivity contribution >= 4 is 5.90 Å². The maximum atomic E-state index is 7.35. The van der Waals surface area contributed by atoms with Gasteiger partial charge < -0.3 is 4.74 Å². The highest BCUT2D eigenvalue weighted by Gasteiger charge is 2.09. The molecule has 0 radical (unpaired) electrons. The van der Waals surface area contributed by atoms with Crippen LogP contribution in [-0.4, -0.2) is 33.2 Å². The summed E-state index contributed by atoms with van der Waals surface area (Å²) in [7, 11) is 1.39. The molecule has 0 aliphatic heterocycles. The first kappa shape index (κ1) is 9.32. The Balaban J connectivity index is 2.32. The summed E-state index contributed by atoms with van der Waals surface area (Å²) in [5.41, 5.74) is 0.792. The van der Waals surface area contributed by atoms with E-state index in [0.29, 0.717) is 0 Å². The molecule has 2 aromatic rings. The number of tetrazole rings is 1. The molecule has 0 fully saturated rings. The van der Waals surface area contributed by atoms with Crippen LogP contribution in [0.3, 0.4) is 0 Å². The molecule has 1 aromatic carbocycles. The summed E-state index contributed by atoms with van der Waals surface area (Å²) >= 11 is 0. The zero-order valence-electron chi connectivity index (χ0n) is 8.08. The van der Waals surface area contributed by atoms with Crippen LogP contribution in [0.1, 0.15) is 5.82 Å². The van der Waals surface area contributed by atoms with Crippen molar-refractivity contribution in [3.8, 4) is 5.69 Å². The fraction of sp³-hybridized carbons (Fsp3) is 0.111. The smallest absolute Gasteiger partial charge is 0.259 e. The summed E-state index contributed by atoms with van der Waals surface area (Å²) in [6.07, 6.45) is 0. The molecule has 0 atom stereocenters. The van der Waals surface area contributed by atoms with Gasteiger partial charge in [0.15, 0.2) is 0 Å². The Hall–Kier alpha value is -2.24. The Morgan fingerprint density at radius 2 is 2.07 bits per heavy atom. The quantitative estimate of drug-likeness (QED) is 0.573. The fourth-order valence-corrected chi connectivity index (χ4v) is 1.07. The number of rotatable bonds is 2. The second kappa shape index (κ2) is 3.87. The largest absolute Gasteiger partial charge is 0.479 e. The standard InChI is InChI=1S/C9H9N5O/c1-15-8(10)9-11-13-14(12-9)7-5-3-2-4-6-7/h2-6,10H,1H3. The number of nitrogens with zero attached hydrogens (tertiary/aromatic N) is 4. The van der Waals surface area contributed by atoms with E-state index in [9.17, 15) is 0 Å². The minimum Gasteiger partial charge on any atom is -0.479 e. The number of hydrogen-bond donors (Lipinski definition) is 1. The summed E-state index contributed by atoms with van der Waals surface area (Å²) in [4.78, 5) is 1.35. The Morgan fingerprint density at radius 3 is 2.73 bits per heavy atom. The molecule has 0 aliphatic carbocycles. The van der Waals surface area contributed by atoms with Crippen LogP contribution in [-0.2, 0) is 4.74 Å². The number of nitrogens with one attached hydrogen (secondary N) is 1. The second-order valence-electron chi connectivity index (χ2n) is 2.77. The topological polar surface area (TPSA) is 76.7 Å². The van der Waals surface area contributed by atoms with E-state index in [1.807, 2.05) is 30.3 Å². The second-order valence-corrected chi connectivity index (χ2v) is 2.77. The van der Waals surface area contributed by atoms with Crippen molar-refractivity contribution in [2.24, 2.45) is 0 Å². The number of ether oxygens (including phenoxy) is 1. The lowest BCUT2D eigenvalue weighted by atomic mass is 10.3. The molecule has 1 aromatic heterocycles. The van der Waals surface area contributed by atoms with Crippen molar-refractivity contribution in [1.82, 2.24) is 20.2 Å². The average molecular weight is 203 g/mol. The maximum absolute atomic E-state index is 7.35. The molecule has 0 saturated carbocycles. The SMILES string of the molecule is COC(=N)c1nnn(-c2ccccc2)n1. The number of benzene rings is 1. The predicted molar refractivity (Wildman–Crippen MR) is 53.0 cm³/mol. The van der Waals surface area contributed by atoms with E-state index in [2.05, 4.69) is 15.4 Å². The monoisotopic (exact) mass is 203 g/mol. The van der Waals surface area contributed by atoms with E-state index in [4.69, 9.17) is 10.1 Å². The van der Waals surface area contributed by atoms with Crippen LogP contribution < -0.4 is 0 Å². The third-order valence-corrected chi connectivity index (χ3v) is 1.81. The molecular formula is C9H9N5O. The van der Waals surface area contributed by atoms with Crippen molar-refractivity contribution in [3.63, 3.8) is 0 Å². The lowest BCUT2D eigenvalue weighted by molar-refractivity contribution is 0.397. The van der Waals surface area contributed by atoms with E-state index in [1.54, 1.807) is 0 Å². The molecular weight excluding hydrogens is 194 g/mol.